The van der Waals surface area contributed by atoms with E-state index in [0.717, 1.165) is 55.6 Å². The number of carbonyl (C=O) groups is 1. The van der Waals surface area contributed by atoms with Crippen LogP contribution in [0.25, 0.3) is 0 Å². The molecule has 0 heterocycles. The second-order valence-electron chi connectivity index (χ2n) is 6.95. The highest BCUT2D eigenvalue weighted by atomic mass is 16.7. The van der Waals surface area contributed by atoms with E-state index in [0.29, 0.717) is 6.61 Å². The average Bonchev–Trinajstić information content (AvgIpc) is 2.56. The molecule has 0 spiro atoms. The van der Waals surface area contributed by atoms with Gasteiger partial charge in [0.25, 0.3) is 0 Å². The Morgan fingerprint density at radius 3 is 2.50 bits per heavy atom. The van der Waals surface area contributed by atoms with Gasteiger partial charge in [-0.05, 0) is 55.9 Å². The molecular formula is C19H32O3. The fraction of sp³-hybridized carbons (Fsp3) is 0.842. The molecule has 2 aliphatic rings. The molecule has 2 rings (SSSR count). The van der Waals surface area contributed by atoms with Gasteiger partial charge in [-0.15, -0.1) is 0 Å². The molecule has 3 heteroatoms. The predicted molar refractivity (Wildman–Crippen MR) is 88.5 cm³/mol. The van der Waals surface area contributed by atoms with Crippen LogP contribution in [-0.2, 0) is 9.47 Å². The average molecular weight is 308 g/mol. The van der Waals surface area contributed by atoms with E-state index in [-0.39, 0.29) is 0 Å². The van der Waals surface area contributed by atoms with Crippen LogP contribution in [0.3, 0.4) is 0 Å². The van der Waals surface area contributed by atoms with E-state index in [4.69, 9.17) is 9.47 Å². The second-order valence-corrected chi connectivity index (χ2v) is 6.95. The molecule has 0 saturated heterocycles. The van der Waals surface area contributed by atoms with E-state index in [1.54, 1.807) is 0 Å². The molecule has 0 N–H and O–H groups in total. The van der Waals surface area contributed by atoms with Crippen LogP contribution in [-0.4, -0.2) is 12.8 Å². The van der Waals surface area contributed by atoms with Crippen molar-refractivity contribution in [2.24, 2.45) is 17.8 Å². The third-order valence-corrected chi connectivity index (χ3v) is 5.48. The van der Waals surface area contributed by atoms with E-state index < -0.39 is 6.16 Å². The zero-order chi connectivity index (χ0) is 15.8. The zero-order valence-electron chi connectivity index (χ0n) is 14.3. The van der Waals surface area contributed by atoms with Crippen molar-refractivity contribution < 1.29 is 14.3 Å². The number of ether oxygens (including phenoxy) is 2. The van der Waals surface area contributed by atoms with Gasteiger partial charge in [-0.25, -0.2) is 4.79 Å². The highest BCUT2D eigenvalue weighted by molar-refractivity contribution is 5.61. The Morgan fingerprint density at radius 1 is 1.14 bits per heavy atom. The van der Waals surface area contributed by atoms with Gasteiger partial charge in [0.1, 0.15) is 5.76 Å². The van der Waals surface area contributed by atoms with E-state index in [9.17, 15) is 4.79 Å². The van der Waals surface area contributed by atoms with Gasteiger partial charge in [0.15, 0.2) is 0 Å². The molecule has 0 amide bonds. The van der Waals surface area contributed by atoms with E-state index in [1.807, 2.05) is 0 Å². The maximum atomic E-state index is 11.6. The highest BCUT2D eigenvalue weighted by Gasteiger charge is 2.28. The minimum atomic E-state index is -0.526. The first kappa shape index (κ1) is 17.4. The topological polar surface area (TPSA) is 35.5 Å². The van der Waals surface area contributed by atoms with Gasteiger partial charge in [0.05, 0.1) is 6.61 Å². The minimum Gasteiger partial charge on any atom is -0.434 e. The van der Waals surface area contributed by atoms with Gasteiger partial charge < -0.3 is 9.47 Å². The van der Waals surface area contributed by atoms with Gasteiger partial charge >= 0.3 is 6.16 Å². The molecule has 1 fully saturated rings. The first-order chi connectivity index (χ1) is 10.7. The summed E-state index contributed by atoms with van der Waals surface area (Å²) in [5, 5.41) is 0. The maximum Gasteiger partial charge on any atom is 0.513 e. The molecule has 0 aromatic heterocycles. The van der Waals surface area contributed by atoms with Crippen molar-refractivity contribution >= 4 is 6.16 Å². The molecule has 0 aliphatic heterocycles. The molecule has 1 saturated carbocycles. The Labute approximate surface area is 135 Å². The molecule has 1 atom stereocenters. The van der Waals surface area contributed by atoms with Crippen LogP contribution in [0.1, 0.15) is 78.1 Å². The van der Waals surface area contributed by atoms with Crippen LogP contribution >= 0.6 is 0 Å². The minimum absolute atomic E-state index is 0.464. The molecule has 3 nitrogen and oxygen atoms in total. The fourth-order valence-corrected chi connectivity index (χ4v) is 3.86. The van der Waals surface area contributed by atoms with Crippen molar-refractivity contribution in [1.29, 1.82) is 0 Å². The summed E-state index contributed by atoms with van der Waals surface area (Å²) in [4.78, 5) is 11.6. The van der Waals surface area contributed by atoms with Crippen LogP contribution in [0.4, 0.5) is 4.79 Å². The molecular weight excluding hydrogens is 276 g/mol. The third-order valence-electron chi connectivity index (χ3n) is 5.48. The lowest BCUT2D eigenvalue weighted by atomic mass is 9.71. The van der Waals surface area contributed by atoms with Crippen LogP contribution < -0.4 is 0 Å². The highest BCUT2D eigenvalue weighted by Crippen LogP contribution is 2.40. The summed E-state index contributed by atoms with van der Waals surface area (Å²) in [7, 11) is 0. The Bertz CT molecular complexity index is 367. The van der Waals surface area contributed by atoms with E-state index >= 15 is 0 Å². The van der Waals surface area contributed by atoms with Crippen molar-refractivity contribution in [3.05, 3.63) is 11.8 Å². The van der Waals surface area contributed by atoms with Crippen molar-refractivity contribution in [2.75, 3.05) is 6.61 Å². The predicted octanol–water partition coefficient (Wildman–Crippen LogP) is 5.84. The number of hydrogen-bond acceptors (Lipinski definition) is 3. The lowest BCUT2D eigenvalue weighted by molar-refractivity contribution is 0.0703. The molecule has 0 aromatic carbocycles. The molecule has 126 valence electrons. The molecule has 1 unspecified atom stereocenters. The van der Waals surface area contributed by atoms with Crippen molar-refractivity contribution in [2.45, 2.75) is 78.1 Å². The van der Waals surface area contributed by atoms with Crippen LogP contribution in [0, 0.1) is 17.8 Å². The number of allylic oxidation sites excluding steroid dienone is 2. The largest absolute Gasteiger partial charge is 0.513 e. The Morgan fingerprint density at radius 2 is 1.91 bits per heavy atom. The summed E-state index contributed by atoms with van der Waals surface area (Å²) in [5.41, 5.74) is 0. The summed E-state index contributed by atoms with van der Waals surface area (Å²) < 4.78 is 10.4. The van der Waals surface area contributed by atoms with Gasteiger partial charge in [-0.2, -0.15) is 0 Å². The van der Waals surface area contributed by atoms with Gasteiger partial charge in [-0.3, -0.25) is 0 Å². The van der Waals surface area contributed by atoms with Gasteiger partial charge in [-0.1, -0.05) is 39.5 Å². The van der Waals surface area contributed by atoms with Crippen LogP contribution in [0.2, 0.25) is 0 Å². The molecule has 0 radical (unpaired) electrons. The fourth-order valence-electron chi connectivity index (χ4n) is 3.86. The van der Waals surface area contributed by atoms with E-state index in [1.165, 1.54) is 32.1 Å². The SMILES string of the molecule is CCCCOC(=O)OC1=CCC(C2CCC(CC)CC2)CC1. The second kappa shape index (κ2) is 9.22. The van der Waals surface area contributed by atoms with Crippen LogP contribution in [0.15, 0.2) is 11.8 Å². The first-order valence-electron chi connectivity index (χ1n) is 9.26. The number of rotatable bonds is 6. The maximum absolute atomic E-state index is 11.6. The zero-order valence-corrected chi connectivity index (χ0v) is 14.3. The summed E-state index contributed by atoms with van der Waals surface area (Å²) in [6.07, 6.45) is 13.6. The van der Waals surface area contributed by atoms with Gasteiger partial charge in [0.2, 0.25) is 0 Å². The molecule has 0 bridgehead atoms. The monoisotopic (exact) mass is 308 g/mol. The summed E-state index contributed by atoms with van der Waals surface area (Å²) in [6, 6.07) is 0. The Hall–Kier alpha value is -0.990. The molecule has 0 aromatic rings. The first-order valence-corrected chi connectivity index (χ1v) is 9.26. The molecule has 2 aliphatic carbocycles. The number of carbonyl (C=O) groups excluding carboxylic acids is 1. The van der Waals surface area contributed by atoms with Crippen LogP contribution in [0.5, 0.6) is 0 Å². The van der Waals surface area contributed by atoms with Crippen molar-refractivity contribution in [3.63, 3.8) is 0 Å². The Balaban J connectivity index is 1.69. The quantitative estimate of drug-likeness (QED) is 0.457. The standard InChI is InChI=1S/C19H32O3/c1-3-5-14-21-19(20)22-18-12-10-17(11-13-18)16-8-6-15(4-2)7-9-16/h12,15-17H,3-11,13-14H2,1-2H3. The Kier molecular flexibility index (Phi) is 7.28. The summed E-state index contributed by atoms with van der Waals surface area (Å²) in [5.74, 6) is 3.46. The summed E-state index contributed by atoms with van der Waals surface area (Å²) >= 11 is 0. The summed E-state index contributed by atoms with van der Waals surface area (Å²) in [6.45, 7) is 4.86. The lowest BCUT2D eigenvalue weighted by Gasteiger charge is -2.35. The smallest absolute Gasteiger partial charge is 0.434 e. The van der Waals surface area contributed by atoms with Gasteiger partial charge in [0, 0.05) is 6.42 Å². The van der Waals surface area contributed by atoms with Crippen molar-refractivity contribution in [1.82, 2.24) is 0 Å². The molecule has 22 heavy (non-hydrogen) atoms. The normalized spacial score (nSPS) is 28.8. The van der Waals surface area contributed by atoms with Crippen molar-refractivity contribution in [3.8, 4) is 0 Å². The lowest BCUT2D eigenvalue weighted by Crippen LogP contribution is -2.23. The van der Waals surface area contributed by atoms with E-state index in [2.05, 4.69) is 19.9 Å². The number of unbranched alkanes of at least 4 members (excludes halogenated alkanes) is 1. The third kappa shape index (κ3) is 5.33. The number of hydrogen-bond donors (Lipinski definition) is 0.